The molecule has 63 heavy (non-hydrogen) atoms. The molecule has 0 aromatic heterocycles. The Bertz CT molecular complexity index is 2100. The van der Waals surface area contributed by atoms with Gasteiger partial charge in [0.15, 0.2) is 18.3 Å². The van der Waals surface area contributed by atoms with Gasteiger partial charge in [0.2, 0.25) is 0 Å². The van der Waals surface area contributed by atoms with Crippen LogP contribution in [-0.4, -0.2) is 102 Å². The number of esters is 3. The number of nitrogens with one attached hydrogen (secondary N) is 1. The molecule has 0 unspecified atom stereocenters. The molecule has 3 fully saturated rings. The van der Waals surface area contributed by atoms with E-state index in [1.54, 1.807) is 27.0 Å². The lowest BCUT2D eigenvalue weighted by Gasteiger charge is -2.44. The molecule has 3 heterocycles. The molecule has 3 aliphatic heterocycles. The Kier molecular flexibility index (Phi) is 15.8. The van der Waals surface area contributed by atoms with E-state index in [9.17, 15) is 28.0 Å². The van der Waals surface area contributed by atoms with Gasteiger partial charge in [-0.15, -0.1) is 11.8 Å². The molecule has 3 aliphatic rings. The van der Waals surface area contributed by atoms with Gasteiger partial charge in [0.1, 0.15) is 46.7 Å². The van der Waals surface area contributed by atoms with Gasteiger partial charge < -0.3 is 38.5 Å². The van der Waals surface area contributed by atoms with Crippen molar-refractivity contribution < 1.29 is 61.1 Å². The number of carbonyl (C=O) groups excluding carboxylic acids is 4. The van der Waals surface area contributed by atoms with Crippen molar-refractivity contribution in [1.82, 2.24) is 10.2 Å². The highest BCUT2D eigenvalue weighted by atomic mass is 32.2. The number of halogens is 2. The monoisotopic (exact) mass is 896 g/mol. The summed E-state index contributed by atoms with van der Waals surface area (Å²) in [7, 11) is 0. The number of carbonyl (C=O) groups is 4. The van der Waals surface area contributed by atoms with E-state index in [2.05, 4.69) is 17.1 Å². The van der Waals surface area contributed by atoms with Crippen molar-refractivity contribution >= 4 is 35.8 Å². The zero-order chi connectivity index (χ0) is 45.6. The molecule has 0 saturated carbocycles. The van der Waals surface area contributed by atoms with Crippen LogP contribution in [0, 0.1) is 11.6 Å². The SMILES string of the molecule is CCc1ccc([C@@H]2O[C@H](SC)[C@@H](OC(C)=O)[C@H](OC(C)=O)[C@H]2OC(C)=O)cc1Cc1ccc(O[C@@H]2CCN([C@@H]3CO[C@H](c4cc(F)ccc4F)[C@@H](NC(=O)OC(C)(C)C)C3)C2)cc1. The summed E-state index contributed by atoms with van der Waals surface area (Å²) in [5, 5.41) is 2.86. The Morgan fingerprint density at radius 1 is 0.857 bits per heavy atom. The van der Waals surface area contributed by atoms with Crippen molar-refractivity contribution in [1.29, 1.82) is 0 Å². The molecule has 16 heteroatoms. The minimum absolute atomic E-state index is 0.0414. The molecule has 0 spiro atoms. The maximum Gasteiger partial charge on any atom is 0.407 e. The van der Waals surface area contributed by atoms with E-state index in [1.165, 1.54) is 32.5 Å². The molecule has 9 atom stereocenters. The largest absolute Gasteiger partial charge is 0.489 e. The van der Waals surface area contributed by atoms with Gasteiger partial charge in [0, 0.05) is 45.5 Å². The van der Waals surface area contributed by atoms with Crippen molar-refractivity contribution in [3.05, 3.63) is 100 Å². The average molecular weight is 897 g/mol. The highest BCUT2D eigenvalue weighted by Gasteiger charge is 2.52. The van der Waals surface area contributed by atoms with Crippen LogP contribution in [0.15, 0.2) is 60.7 Å². The third-order valence-corrected chi connectivity index (χ3v) is 12.1. The van der Waals surface area contributed by atoms with Crippen LogP contribution in [0.4, 0.5) is 13.6 Å². The Morgan fingerprint density at radius 2 is 1.54 bits per heavy atom. The lowest BCUT2D eigenvalue weighted by molar-refractivity contribution is -0.233. The van der Waals surface area contributed by atoms with Crippen molar-refractivity contribution in [3.8, 4) is 5.75 Å². The fourth-order valence-electron chi connectivity index (χ4n) is 8.55. The van der Waals surface area contributed by atoms with E-state index in [4.69, 9.17) is 33.2 Å². The van der Waals surface area contributed by atoms with Crippen molar-refractivity contribution in [3.63, 3.8) is 0 Å². The maximum absolute atomic E-state index is 14.9. The normalized spacial score (nSPS) is 26.3. The Hall–Kier alpha value is -4.77. The first-order chi connectivity index (χ1) is 29.9. The van der Waals surface area contributed by atoms with E-state index in [0.29, 0.717) is 30.7 Å². The van der Waals surface area contributed by atoms with Crippen molar-refractivity contribution in [2.75, 3.05) is 26.0 Å². The topological polar surface area (TPSA) is 148 Å². The molecule has 3 aromatic rings. The minimum Gasteiger partial charge on any atom is -0.489 e. The first-order valence-electron chi connectivity index (χ1n) is 21.3. The van der Waals surface area contributed by atoms with Crippen LogP contribution >= 0.6 is 11.8 Å². The van der Waals surface area contributed by atoms with Gasteiger partial charge in [0.25, 0.3) is 0 Å². The molecular weight excluding hydrogens is 839 g/mol. The quantitative estimate of drug-likeness (QED) is 0.133. The number of hydrogen-bond donors (Lipinski definition) is 1. The summed E-state index contributed by atoms with van der Waals surface area (Å²) in [6, 6.07) is 16.3. The predicted octanol–water partition coefficient (Wildman–Crippen LogP) is 7.55. The predicted molar refractivity (Wildman–Crippen MR) is 230 cm³/mol. The van der Waals surface area contributed by atoms with Crippen LogP contribution in [0.5, 0.6) is 5.75 Å². The molecule has 1 N–H and O–H groups in total. The number of alkyl carbamates (subject to hydrolysis) is 1. The maximum atomic E-state index is 14.9. The summed E-state index contributed by atoms with van der Waals surface area (Å²) in [6.45, 7) is 12.7. The summed E-state index contributed by atoms with van der Waals surface area (Å²) in [5.74, 6) is -2.32. The number of likely N-dealkylation sites (tertiary alicyclic amines) is 1. The Labute approximate surface area is 371 Å². The molecule has 0 radical (unpaired) electrons. The van der Waals surface area contributed by atoms with Crippen LogP contribution in [0.25, 0.3) is 0 Å². The van der Waals surface area contributed by atoms with Crippen LogP contribution in [0.1, 0.15) is 101 Å². The summed E-state index contributed by atoms with van der Waals surface area (Å²) < 4.78 is 70.8. The number of rotatable bonds is 13. The number of aryl methyl sites for hydroxylation is 1. The highest BCUT2D eigenvalue weighted by Crippen LogP contribution is 2.41. The van der Waals surface area contributed by atoms with Gasteiger partial charge in [-0.05, 0) is 105 Å². The second kappa shape index (κ2) is 20.8. The number of amides is 1. The molecule has 3 saturated heterocycles. The Morgan fingerprint density at radius 3 is 2.19 bits per heavy atom. The average Bonchev–Trinajstić information content (AvgIpc) is 3.68. The fourth-order valence-corrected chi connectivity index (χ4v) is 9.26. The molecule has 1 amide bonds. The summed E-state index contributed by atoms with van der Waals surface area (Å²) in [6.07, 6.45) is -1.41. The lowest BCUT2D eigenvalue weighted by atomic mass is 9.89. The molecule has 342 valence electrons. The fraction of sp³-hybridized carbons (Fsp3) is 0.532. The van der Waals surface area contributed by atoms with Gasteiger partial charge >= 0.3 is 24.0 Å². The van der Waals surface area contributed by atoms with Crippen LogP contribution in [-0.2, 0) is 55.6 Å². The van der Waals surface area contributed by atoms with Crippen LogP contribution in [0.3, 0.4) is 0 Å². The van der Waals surface area contributed by atoms with Crippen LogP contribution < -0.4 is 10.1 Å². The van der Waals surface area contributed by atoms with Crippen molar-refractivity contribution in [2.45, 2.75) is 134 Å². The molecule has 13 nitrogen and oxygen atoms in total. The first-order valence-corrected chi connectivity index (χ1v) is 22.6. The van der Waals surface area contributed by atoms with Gasteiger partial charge in [-0.1, -0.05) is 37.3 Å². The zero-order valence-electron chi connectivity index (χ0n) is 37.0. The van der Waals surface area contributed by atoms with Crippen molar-refractivity contribution in [2.24, 2.45) is 0 Å². The first kappa shape index (κ1) is 47.7. The van der Waals surface area contributed by atoms with E-state index < -0.39 is 83.2 Å². The minimum atomic E-state index is -1.11. The second-order valence-corrected chi connectivity index (χ2v) is 18.1. The summed E-state index contributed by atoms with van der Waals surface area (Å²) >= 11 is 1.29. The van der Waals surface area contributed by atoms with E-state index in [0.717, 1.165) is 54.3 Å². The zero-order valence-corrected chi connectivity index (χ0v) is 37.8. The molecule has 0 bridgehead atoms. The van der Waals surface area contributed by atoms with E-state index in [1.807, 2.05) is 42.5 Å². The van der Waals surface area contributed by atoms with Crippen LogP contribution in [0.2, 0.25) is 0 Å². The van der Waals surface area contributed by atoms with Gasteiger partial charge in [-0.3, -0.25) is 19.3 Å². The number of nitrogens with zero attached hydrogens (tertiary/aromatic N) is 1. The number of ether oxygens (including phenoxy) is 7. The smallest absolute Gasteiger partial charge is 0.407 e. The van der Waals surface area contributed by atoms with Gasteiger partial charge in [-0.2, -0.15) is 0 Å². The highest BCUT2D eigenvalue weighted by molar-refractivity contribution is 7.99. The van der Waals surface area contributed by atoms with E-state index >= 15 is 0 Å². The molecule has 3 aromatic carbocycles. The third kappa shape index (κ3) is 12.5. The Balaban J connectivity index is 1.12. The van der Waals surface area contributed by atoms with Gasteiger partial charge in [0.05, 0.1) is 12.6 Å². The van der Waals surface area contributed by atoms with Gasteiger partial charge in [-0.25, -0.2) is 13.6 Å². The molecular formula is C47H58F2N2O11S. The lowest BCUT2D eigenvalue weighted by Crippen LogP contribution is -2.57. The molecule has 6 rings (SSSR count). The third-order valence-electron chi connectivity index (χ3n) is 11.2. The standard InChI is InChI=1S/C47H58F2N2O11S/c1-9-30-12-13-31(40-42(57-26(2)52)43(58-27(3)53)44(59-28(4)54)45(61-40)63-8)21-32(30)20-29-10-15-35(16-11-29)60-36-18-19-51(24-36)34-23-39(50-46(55)62-47(5,6)7)41(56-25-34)37-22-33(48)14-17-38(37)49/h10-17,21-22,34,36,39-45H,9,18-20,23-25H2,1-8H3,(H,50,55)/t34-,36+,39-,40-,41+,42-,43+,44-,45+/m0/s1. The number of benzene rings is 3. The van der Waals surface area contributed by atoms with E-state index in [-0.39, 0.29) is 24.3 Å². The molecule has 0 aliphatic carbocycles. The number of thioether (sulfide) groups is 1. The second-order valence-electron chi connectivity index (χ2n) is 17.2. The summed E-state index contributed by atoms with van der Waals surface area (Å²) in [5.41, 5.74) is 2.46. The number of hydrogen-bond acceptors (Lipinski definition) is 13. The summed E-state index contributed by atoms with van der Waals surface area (Å²) in [4.78, 5) is 51.9.